The third-order valence-corrected chi connectivity index (χ3v) is 5.25. The van der Waals surface area contributed by atoms with Crippen LogP contribution in [0.15, 0.2) is 58.4 Å². The molecule has 0 aliphatic carbocycles. The monoisotopic (exact) mass is 582 g/mol. The van der Waals surface area contributed by atoms with E-state index < -0.39 is 58.2 Å². The zero-order valence-corrected chi connectivity index (χ0v) is 20.8. The Morgan fingerprint density at radius 3 is 2.55 bits per heavy atom. The highest BCUT2D eigenvalue weighted by molar-refractivity contribution is 6.31. The smallest absolute Gasteiger partial charge is 0.431 e. The summed E-state index contributed by atoms with van der Waals surface area (Å²) in [6.45, 7) is -0.775. The first-order chi connectivity index (χ1) is 19.0. The lowest BCUT2D eigenvalue weighted by molar-refractivity contribution is -0.147. The fourth-order valence-electron chi connectivity index (χ4n) is 3.16. The lowest BCUT2D eigenvalue weighted by Gasteiger charge is -2.15. The highest BCUT2D eigenvalue weighted by Gasteiger charge is 2.35. The predicted molar refractivity (Wildman–Crippen MR) is 127 cm³/mol. The summed E-state index contributed by atoms with van der Waals surface area (Å²) in [6, 6.07) is 6.68. The molecule has 4 aromatic heterocycles. The number of hydrogen-bond acceptors (Lipinski definition) is 10. The molecular weight excluding hydrogens is 568 g/mol. The lowest BCUT2D eigenvalue weighted by atomic mass is 10.3. The second-order valence-electron chi connectivity index (χ2n) is 7.70. The standard InChI is InChI=1S/C23H15ClF4N6O6/c1-33-16(23(26,27)28)9-17(35)34(22(33)37)19-14(25)8-13(24)20(31-19)40-15-5-3-6-29-21(15)39-11-18(36)38-10-12-4-2-7-30-32-12/h2-9H,10-11H2,1H3. The number of nitrogens with zero attached hydrogens (tertiary/aromatic N) is 6. The molecule has 0 N–H and O–H groups in total. The fraction of sp³-hybridized carbons (Fsp3) is 0.174. The van der Waals surface area contributed by atoms with Gasteiger partial charge >= 0.3 is 17.8 Å². The van der Waals surface area contributed by atoms with Crippen molar-refractivity contribution in [2.24, 2.45) is 7.05 Å². The van der Waals surface area contributed by atoms with Crippen LogP contribution in [0.2, 0.25) is 5.02 Å². The molecule has 0 atom stereocenters. The van der Waals surface area contributed by atoms with Gasteiger partial charge in [-0.25, -0.2) is 23.5 Å². The van der Waals surface area contributed by atoms with E-state index in [4.69, 9.17) is 25.8 Å². The van der Waals surface area contributed by atoms with Crippen molar-refractivity contribution >= 4 is 17.6 Å². The van der Waals surface area contributed by atoms with Crippen molar-refractivity contribution in [3.63, 3.8) is 0 Å². The van der Waals surface area contributed by atoms with Crippen molar-refractivity contribution in [2.75, 3.05) is 6.61 Å². The third kappa shape index (κ3) is 6.23. The highest BCUT2D eigenvalue weighted by atomic mass is 35.5. The van der Waals surface area contributed by atoms with Crippen LogP contribution >= 0.6 is 11.6 Å². The maximum absolute atomic E-state index is 14.7. The second-order valence-corrected chi connectivity index (χ2v) is 8.10. The van der Waals surface area contributed by atoms with Gasteiger partial charge in [0.25, 0.3) is 11.4 Å². The summed E-state index contributed by atoms with van der Waals surface area (Å²) in [6.07, 6.45) is -2.28. The van der Waals surface area contributed by atoms with Crippen LogP contribution in [0.25, 0.3) is 5.82 Å². The first-order valence-corrected chi connectivity index (χ1v) is 11.3. The van der Waals surface area contributed by atoms with E-state index >= 15 is 0 Å². The Bertz CT molecular complexity index is 1680. The summed E-state index contributed by atoms with van der Waals surface area (Å²) in [7, 11) is 0.754. The fourth-order valence-corrected chi connectivity index (χ4v) is 3.34. The van der Waals surface area contributed by atoms with Crippen LogP contribution in [-0.2, 0) is 29.4 Å². The number of halogens is 5. The summed E-state index contributed by atoms with van der Waals surface area (Å²) in [5.41, 5.74) is -4.17. The number of carbonyl (C=O) groups is 1. The van der Waals surface area contributed by atoms with E-state index in [0.717, 1.165) is 7.05 Å². The van der Waals surface area contributed by atoms with Crippen LogP contribution < -0.4 is 20.7 Å². The van der Waals surface area contributed by atoms with E-state index in [0.29, 0.717) is 11.8 Å². The lowest BCUT2D eigenvalue weighted by Crippen LogP contribution is -2.41. The highest BCUT2D eigenvalue weighted by Crippen LogP contribution is 2.34. The average Bonchev–Trinajstić information content (AvgIpc) is 2.91. The molecule has 0 fully saturated rings. The maximum atomic E-state index is 14.7. The molecule has 0 aliphatic rings. The van der Waals surface area contributed by atoms with Gasteiger partial charge in [0.15, 0.2) is 24.0 Å². The van der Waals surface area contributed by atoms with Gasteiger partial charge in [0, 0.05) is 31.6 Å². The summed E-state index contributed by atoms with van der Waals surface area (Å²) >= 11 is 6.02. The van der Waals surface area contributed by atoms with Crippen molar-refractivity contribution in [1.82, 2.24) is 29.3 Å². The van der Waals surface area contributed by atoms with Crippen LogP contribution in [0.5, 0.6) is 17.5 Å². The van der Waals surface area contributed by atoms with E-state index in [1.165, 1.54) is 24.5 Å². The Kier molecular flexibility index (Phi) is 8.08. The van der Waals surface area contributed by atoms with E-state index in [9.17, 15) is 31.9 Å². The van der Waals surface area contributed by atoms with Crippen molar-refractivity contribution < 1.29 is 36.6 Å². The molecule has 0 aliphatic heterocycles. The molecule has 0 radical (unpaired) electrons. The van der Waals surface area contributed by atoms with Gasteiger partial charge in [-0.1, -0.05) is 11.6 Å². The Labute approximate surface area is 225 Å². The van der Waals surface area contributed by atoms with E-state index in [1.807, 2.05) is 0 Å². The molecule has 0 unspecified atom stereocenters. The van der Waals surface area contributed by atoms with Gasteiger partial charge in [-0.05, 0) is 24.3 Å². The zero-order chi connectivity index (χ0) is 29.0. The number of aromatic nitrogens is 6. The molecule has 0 spiro atoms. The molecule has 0 saturated carbocycles. The van der Waals surface area contributed by atoms with E-state index in [2.05, 4.69) is 20.2 Å². The molecule has 0 bridgehead atoms. The summed E-state index contributed by atoms with van der Waals surface area (Å²) in [4.78, 5) is 44.7. The maximum Gasteiger partial charge on any atom is 0.431 e. The molecule has 17 heteroatoms. The first kappa shape index (κ1) is 28.2. The molecule has 0 aromatic carbocycles. The van der Waals surface area contributed by atoms with Crippen LogP contribution in [-0.4, -0.2) is 41.9 Å². The molecule has 0 amide bonds. The minimum Gasteiger partial charge on any atom is -0.463 e. The Morgan fingerprint density at radius 2 is 1.85 bits per heavy atom. The van der Waals surface area contributed by atoms with E-state index in [1.54, 1.807) is 12.1 Å². The predicted octanol–water partition coefficient (Wildman–Crippen LogP) is 2.84. The van der Waals surface area contributed by atoms with Crippen molar-refractivity contribution in [3.8, 4) is 23.3 Å². The molecule has 40 heavy (non-hydrogen) atoms. The summed E-state index contributed by atoms with van der Waals surface area (Å²) < 4.78 is 70.3. The van der Waals surface area contributed by atoms with Gasteiger partial charge in [0.1, 0.15) is 23.0 Å². The Morgan fingerprint density at radius 1 is 1.10 bits per heavy atom. The number of ether oxygens (including phenoxy) is 3. The SMILES string of the molecule is Cn1c(C(F)(F)F)cc(=O)n(-c2nc(Oc3cccnc3OCC(=O)OCc3cccnn3)c(Cl)cc2F)c1=O. The van der Waals surface area contributed by atoms with Gasteiger partial charge in [-0.15, -0.1) is 0 Å². The summed E-state index contributed by atoms with van der Waals surface area (Å²) in [5.74, 6) is -4.05. The number of esters is 1. The molecule has 12 nitrogen and oxygen atoms in total. The van der Waals surface area contributed by atoms with Gasteiger partial charge < -0.3 is 14.2 Å². The van der Waals surface area contributed by atoms with Gasteiger partial charge in [-0.3, -0.25) is 9.36 Å². The summed E-state index contributed by atoms with van der Waals surface area (Å²) in [5, 5.41) is 6.98. The van der Waals surface area contributed by atoms with Crippen LogP contribution in [0.1, 0.15) is 11.4 Å². The number of pyridine rings is 2. The molecule has 4 heterocycles. The average molecular weight is 583 g/mol. The minimum atomic E-state index is -5.02. The Hall–Kier alpha value is -4.86. The van der Waals surface area contributed by atoms with Gasteiger partial charge in [-0.2, -0.15) is 28.4 Å². The van der Waals surface area contributed by atoms with E-state index in [-0.39, 0.29) is 33.4 Å². The van der Waals surface area contributed by atoms with Gasteiger partial charge in [0.2, 0.25) is 5.88 Å². The van der Waals surface area contributed by atoms with Crippen LogP contribution in [0, 0.1) is 5.82 Å². The molecule has 4 rings (SSSR count). The number of alkyl halides is 3. The van der Waals surface area contributed by atoms with Gasteiger partial charge in [0.05, 0.1) is 0 Å². The van der Waals surface area contributed by atoms with Crippen LogP contribution in [0.4, 0.5) is 17.6 Å². The molecular formula is C23H15ClF4N6O6. The van der Waals surface area contributed by atoms with Crippen LogP contribution in [0.3, 0.4) is 0 Å². The third-order valence-electron chi connectivity index (χ3n) is 4.98. The number of carbonyl (C=O) groups excluding carboxylic acids is 1. The minimum absolute atomic E-state index is 0.0849. The normalized spacial score (nSPS) is 11.2. The first-order valence-electron chi connectivity index (χ1n) is 10.9. The molecule has 4 aromatic rings. The largest absolute Gasteiger partial charge is 0.463 e. The van der Waals surface area contributed by atoms with Crippen molar-refractivity contribution in [3.05, 3.63) is 91.9 Å². The number of hydrogen-bond donors (Lipinski definition) is 0. The molecule has 0 saturated heterocycles. The Balaban J connectivity index is 1.59. The quantitative estimate of drug-likeness (QED) is 0.225. The second kappa shape index (κ2) is 11.5. The number of rotatable bonds is 8. The van der Waals surface area contributed by atoms with Crippen molar-refractivity contribution in [2.45, 2.75) is 12.8 Å². The zero-order valence-electron chi connectivity index (χ0n) is 20.1. The topological polar surface area (TPSA) is 140 Å². The van der Waals surface area contributed by atoms with Crippen molar-refractivity contribution in [1.29, 1.82) is 0 Å². The molecule has 208 valence electrons.